The highest BCUT2D eigenvalue weighted by atomic mass is 32.2. The molecule has 1 amide bonds. The molecule has 0 N–H and O–H groups in total. The van der Waals surface area contributed by atoms with Gasteiger partial charge in [-0.3, -0.25) is 4.79 Å². The van der Waals surface area contributed by atoms with Gasteiger partial charge in [0, 0.05) is 22.3 Å². The van der Waals surface area contributed by atoms with Crippen LogP contribution in [0, 0.1) is 13.8 Å². The molecule has 0 aliphatic heterocycles. The Kier molecular flexibility index (Phi) is 5.68. The fourth-order valence-electron chi connectivity index (χ4n) is 3.00. The van der Waals surface area contributed by atoms with Crippen molar-refractivity contribution in [3.8, 4) is 0 Å². The van der Waals surface area contributed by atoms with Crippen molar-refractivity contribution in [1.82, 2.24) is 4.57 Å². The largest absolute Gasteiger partial charge is 0.317 e. The summed E-state index contributed by atoms with van der Waals surface area (Å²) in [6.45, 7) is 11.4. The zero-order valence-electron chi connectivity index (χ0n) is 15.9. The van der Waals surface area contributed by atoms with Crippen LogP contribution < -0.4 is 4.80 Å². The Labute approximate surface area is 162 Å². The number of nitrogens with zero attached hydrogens (tertiary/aromatic N) is 2. The summed E-state index contributed by atoms with van der Waals surface area (Å²) < 4.78 is 3.33. The predicted molar refractivity (Wildman–Crippen MR) is 112 cm³/mol. The lowest BCUT2D eigenvalue weighted by molar-refractivity contribution is 0.0998. The summed E-state index contributed by atoms with van der Waals surface area (Å²) in [5.74, 6) is -0.186. The van der Waals surface area contributed by atoms with E-state index < -0.39 is 0 Å². The summed E-state index contributed by atoms with van der Waals surface area (Å²) in [6.07, 6.45) is 0. The molecule has 1 aromatic heterocycles. The number of aromatic nitrogens is 1. The molecule has 1 heterocycles. The Morgan fingerprint density at radius 2 is 1.88 bits per heavy atom. The minimum absolute atomic E-state index is 0.186. The number of fused-ring (bicyclic) bond motifs is 1. The maximum atomic E-state index is 12.7. The molecule has 5 heteroatoms. The second-order valence-corrected chi connectivity index (χ2v) is 9.29. The maximum absolute atomic E-state index is 12.7. The summed E-state index contributed by atoms with van der Waals surface area (Å²) in [7, 11) is 0. The third-order valence-electron chi connectivity index (χ3n) is 4.10. The molecule has 26 heavy (non-hydrogen) atoms. The van der Waals surface area contributed by atoms with Gasteiger partial charge in [-0.15, -0.1) is 11.8 Å². The summed E-state index contributed by atoms with van der Waals surface area (Å²) >= 11 is 3.38. The molecule has 2 aromatic carbocycles. The highest BCUT2D eigenvalue weighted by Crippen LogP contribution is 2.24. The van der Waals surface area contributed by atoms with E-state index in [0.717, 1.165) is 16.9 Å². The van der Waals surface area contributed by atoms with Crippen LogP contribution in [0.5, 0.6) is 0 Å². The molecule has 3 aromatic rings. The first-order chi connectivity index (χ1) is 12.4. The molecule has 0 bridgehead atoms. The van der Waals surface area contributed by atoms with Crippen molar-refractivity contribution >= 4 is 39.2 Å². The van der Waals surface area contributed by atoms with E-state index in [4.69, 9.17) is 0 Å². The van der Waals surface area contributed by atoms with E-state index in [1.165, 1.54) is 20.7 Å². The molecular formula is C21H24N2OS2. The van der Waals surface area contributed by atoms with Crippen molar-refractivity contribution < 1.29 is 4.79 Å². The molecule has 136 valence electrons. The number of carbonyl (C=O) groups is 1. The van der Waals surface area contributed by atoms with Gasteiger partial charge in [-0.25, -0.2) is 0 Å². The molecular weight excluding hydrogens is 360 g/mol. The second-order valence-electron chi connectivity index (χ2n) is 6.67. The van der Waals surface area contributed by atoms with Crippen LogP contribution in [0.25, 0.3) is 10.2 Å². The minimum Gasteiger partial charge on any atom is -0.317 e. The topological polar surface area (TPSA) is 34.4 Å². The Morgan fingerprint density at radius 3 is 2.50 bits per heavy atom. The smallest absolute Gasteiger partial charge is 0.279 e. The fourth-order valence-corrected chi connectivity index (χ4v) is 4.98. The Hall–Kier alpha value is -1.85. The lowest BCUT2D eigenvalue weighted by Gasteiger charge is -2.05. The monoisotopic (exact) mass is 384 g/mol. The van der Waals surface area contributed by atoms with Crippen LogP contribution in [-0.2, 0) is 6.54 Å². The van der Waals surface area contributed by atoms with Crippen LogP contribution in [-0.4, -0.2) is 15.7 Å². The van der Waals surface area contributed by atoms with E-state index in [0.29, 0.717) is 10.8 Å². The SMILES string of the molecule is CCn1c(=NC(=O)c2ccc(SC(C)C)cc2)sc2c(C)cc(C)cc21. The van der Waals surface area contributed by atoms with E-state index in [9.17, 15) is 4.79 Å². The van der Waals surface area contributed by atoms with Gasteiger partial charge in [-0.2, -0.15) is 4.99 Å². The molecule has 0 aliphatic rings. The minimum atomic E-state index is -0.186. The van der Waals surface area contributed by atoms with Crippen LogP contribution in [0.4, 0.5) is 0 Å². The van der Waals surface area contributed by atoms with Gasteiger partial charge in [0.15, 0.2) is 4.80 Å². The number of hydrogen-bond acceptors (Lipinski definition) is 3. The Bertz CT molecular complexity index is 1010. The van der Waals surface area contributed by atoms with Crippen LogP contribution in [0.3, 0.4) is 0 Å². The van der Waals surface area contributed by atoms with Crippen molar-refractivity contribution in [2.24, 2.45) is 4.99 Å². The first kappa shape index (κ1) is 18.9. The summed E-state index contributed by atoms with van der Waals surface area (Å²) in [4.78, 5) is 19.0. The average Bonchev–Trinajstić information content (AvgIpc) is 2.92. The molecule has 0 saturated carbocycles. The predicted octanol–water partition coefficient (Wildman–Crippen LogP) is 5.58. The van der Waals surface area contributed by atoms with Crippen molar-refractivity contribution in [1.29, 1.82) is 0 Å². The van der Waals surface area contributed by atoms with Gasteiger partial charge in [0.05, 0.1) is 10.2 Å². The second kappa shape index (κ2) is 7.80. The molecule has 0 unspecified atom stereocenters. The number of thioether (sulfide) groups is 1. The molecule has 3 rings (SSSR count). The van der Waals surface area contributed by atoms with Crippen LogP contribution >= 0.6 is 23.1 Å². The Balaban J connectivity index is 2.01. The van der Waals surface area contributed by atoms with Crippen LogP contribution in [0.15, 0.2) is 46.3 Å². The molecule has 0 atom stereocenters. The van der Waals surface area contributed by atoms with Gasteiger partial charge in [-0.05, 0) is 62.2 Å². The fraction of sp³-hybridized carbons (Fsp3) is 0.333. The van der Waals surface area contributed by atoms with E-state index in [2.05, 4.69) is 56.3 Å². The lowest BCUT2D eigenvalue weighted by atomic mass is 10.1. The molecule has 3 nitrogen and oxygen atoms in total. The van der Waals surface area contributed by atoms with Gasteiger partial charge in [-0.1, -0.05) is 31.3 Å². The van der Waals surface area contributed by atoms with Crippen molar-refractivity contribution in [2.45, 2.75) is 51.3 Å². The van der Waals surface area contributed by atoms with Gasteiger partial charge < -0.3 is 4.57 Å². The number of carbonyl (C=O) groups excluding carboxylic acids is 1. The number of aryl methyl sites for hydroxylation is 3. The number of amides is 1. The van der Waals surface area contributed by atoms with Crippen molar-refractivity contribution in [3.63, 3.8) is 0 Å². The standard InChI is InChI=1S/C21H24N2OS2/c1-6-23-18-12-14(4)11-15(5)19(18)26-21(23)22-20(24)16-7-9-17(10-8-16)25-13(2)3/h7-13H,6H2,1-5H3. The van der Waals surface area contributed by atoms with Gasteiger partial charge in [0.1, 0.15) is 0 Å². The summed E-state index contributed by atoms with van der Waals surface area (Å²) in [6, 6.07) is 12.1. The van der Waals surface area contributed by atoms with Crippen molar-refractivity contribution in [3.05, 3.63) is 57.9 Å². The van der Waals surface area contributed by atoms with Gasteiger partial charge in [0.2, 0.25) is 0 Å². The Morgan fingerprint density at radius 1 is 1.19 bits per heavy atom. The first-order valence-electron chi connectivity index (χ1n) is 8.85. The number of thiazole rings is 1. The van der Waals surface area contributed by atoms with Gasteiger partial charge in [0.25, 0.3) is 5.91 Å². The zero-order chi connectivity index (χ0) is 18.8. The van der Waals surface area contributed by atoms with Gasteiger partial charge >= 0.3 is 0 Å². The first-order valence-corrected chi connectivity index (χ1v) is 10.5. The molecule has 0 aliphatic carbocycles. The van der Waals surface area contributed by atoms with E-state index in [1.54, 1.807) is 23.1 Å². The van der Waals surface area contributed by atoms with Crippen molar-refractivity contribution in [2.75, 3.05) is 0 Å². The quantitative estimate of drug-likeness (QED) is 0.550. The summed E-state index contributed by atoms with van der Waals surface area (Å²) in [5.41, 5.74) is 4.25. The third kappa shape index (κ3) is 3.94. The number of hydrogen-bond donors (Lipinski definition) is 0. The highest BCUT2D eigenvalue weighted by molar-refractivity contribution is 7.99. The van der Waals surface area contributed by atoms with E-state index in [1.807, 2.05) is 24.3 Å². The molecule has 0 saturated heterocycles. The highest BCUT2D eigenvalue weighted by Gasteiger charge is 2.11. The van der Waals surface area contributed by atoms with Crippen LogP contribution in [0.2, 0.25) is 0 Å². The van der Waals surface area contributed by atoms with E-state index in [-0.39, 0.29) is 5.91 Å². The summed E-state index contributed by atoms with van der Waals surface area (Å²) in [5, 5.41) is 0.523. The zero-order valence-corrected chi connectivity index (χ0v) is 17.5. The normalized spacial score (nSPS) is 12.3. The molecule has 0 radical (unpaired) electrons. The molecule has 0 spiro atoms. The van der Waals surface area contributed by atoms with Crippen LogP contribution in [0.1, 0.15) is 42.3 Å². The average molecular weight is 385 g/mol. The third-order valence-corrected chi connectivity index (χ3v) is 6.35. The lowest BCUT2D eigenvalue weighted by Crippen LogP contribution is -2.15. The maximum Gasteiger partial charge on any atom is 0.279 e. The number of rotatable bonds is 4. The molecule has 0 fully saturated rings. The number of benzene rings is 2. The van der Waals surface area contributed by atoms with E-state index >= 15 is 0 Å².